The molecule has 2 saturated carbocycles. The van der Waals surface area contributed by atoms with Crippen molar-refractivity contribution in [3.8, 4) is 0 Å². The van der Waals surface area contributed by atoms with Crippen LogP contribution < -0.4 is 5.32 Å². The summed E-state index contributed by atoms with van der Waals surface area (Å²) < 4.78 is 0. The zero-order chi connectivity index (χ0) is 18.1. The van der Waals surface area contributed by atoms with E-state index in [0.717, 1.165) is 12.1 Å². The number of carbonyl (C=O) groups is 2. The number of aliphatic carboxylic acids is 1. The summed E-state index contributed by atoms with van der Waals surface area (Å²) in [6.45, 7) is 0.886. The van der Waals surface area contributed by atoms with Crippen LogP contribution in [0.25, 0.3) is 0 Å². The molecule has 2 unspecified atom stereocenters. The maximum atomic E-state index is 12.9. The van der Waals surface area contributed by atoms with Crippen LogP contribution in [0, 0.1) is 11.3 Å². The summed E-state index contributed by atoms with van der Waals surface area (Å²) in [4.78, 5) is 25.9. The lowest BCUT2D eigenvalue weighted by Gasteiger charge is -2.62. The van der Waals surface area contributed by atoms with Gasteiger partial charge in [-0.3, -0.25) is 4.79 Å². The minimum atomic E-state index is -0.814. The summed E-state index contributed by atoms with van der Waals surface area (Å²) in [5, 5.41) is 12.2. The van der Waals surface area contributed by atoms with E-state index in [-0.39, 0.29) is 18.5 Å². The van der Waals surface area contributed by atoms with Gasteiger partial charge in [0.2, 0.25) is 0 Å². The van der Waals surface area contributed by atoms with E-state index in [0.29, 0.717) is 30.2 Å². The SMILES string of the molecule is O=C(O)CCC(Cc1ccccc1)NC(=O)N1CC2(CCC2)C1C1CC1. The molecule has 26 heavy (non-hydrogen) atoms. The first-order valence-corrected chi connectivity index (χ1v) is 9.90. The van der Waals surface area contributed by atoms with Gasteiger partial charge in [-0.25, -0.2) is 4.79 Å². The molecule has 1 heterocycles. The van der Waals surface area contributed by atoms with Gasteiger partial charge in [-0.05, 0) is 50.0 Å². The maximum Gasteiger partial charge on any atom is 0.317 e. The molecule has 2 N–H and O–H groups in total. The molecule has 0 radical (unpaired) electrons. The average Bonchev–Trinajstić information content (AvgIpc) is 3.36. The van der Waals surface area contributed by atoms with Crippen molar-refractivity contribution in [2.45, 2.75) is 63.5 Å². The molecule has 1 saturated heterocycles. The average molecular weight is 356 g/mol. The van der Waals surface area contributed by atoms with Gasteiger partial charge in [-0.15, -0.1) is 0 Å². The molecule has 5 heteroatoms. The maximum absolute atomic E-state index is 12.9. The fraction of sp³-hybridized carbons (Fsp3) is 0.619. The molecule has 0 aromatic heterocycles. The van der Waals surface area contributed by atoms with E-state index < -0.39 is 5.97 Å². The van der Waals surface area contributed by atoms with Gasteiger partial charge in [0.1, 0.15) is 0 Å². The lowest BCUT2D eigenvalue weighted by molar-refractivity contribution is -0.137. The molecule has 2 amide bonds. The zero-order valence-electron chi connectivity index (χ0n) is 15.2. The zero-order valence-corrected chi connectivity index (χ0v) is 15.2. The summed E-state index contributed by atoms with van der Waals surface area (Å²) in [6, 6.07) is 10.3. The van der Waals surface area contributed by atoms with Crippen molar-refractivity contribution in [1.82, 2.24) is 10.2 Å². The smallest absolute Gasteiger partial charge is 0.317 e. The highest BCUT2D eigenvalue weighted by Crippen LogP contribution is 2.59. The van der Waals surface area contributed by atoms with Crippen LogP contribution >= 0.6 is 0 Å². The fourth-order valence-electron chi connectivity index (χ4n) is 4.88. The number of nitrogens with one attached hydrogen (secondary N) is 1. The molecule has 1 aromatic rings. The first-order valence-electron chi connectivity index (χ1n) is 9.90. The van der Waals surface area contributed by atoms with E-state index in [1.807, 2.05) is 35.2 Å². The molecule has 2 aliphatic carbocycles. The number of amides is 2. The predicted molar refractivity (Wildman–Crippen MR) is 98.8 cm³/mol. The third-order valence-corrected chi connectivity index (χ3v) is 6.49. The highest BCUT2D eigenvalue weighted by atomic mass is 16.4. The Kier molecular flexibility index (Phi) is 4.63. The number of urea groups is 1. The number of hydrogen-bond donors (Lipinski definition) is 2. The molecule has 0 bridgehead atoms. The second kappa shape index (κ2) is 6.93. The Morgan fingerprint density at radius 2 is 1.96 bits per heavy atom. The Bertz CT molecular complexity index is 667. The van der Waals surface area contributed by atoms with Crippen LogP contribution in [0.15, 0.2) is 30.3 Å². The summed E-state index contributed by atoms with van der Waals surface area (Å²) in [5.74, 6) is -0.119. The molecule has 140 valence electrons. The Hall–Kier alpha value is -2.04. The number of benzene rings is 1. The first kappa shape index (κ1) is 17.4. The standard InChI is InChI=1S/C21H28N2O3/c24-18(25)10-9-17(13-15-5-2-1-3-6-15)22-20(26)23-14-21(11-4-12-21)19(23)16-7-8-16/h1-3,5-6,16-17,19H,4,7-14H2,(H,22,26)(H,24,25). The molecule has 1 aliphatic heterocycles. The number of carboxylic acid groups (broad SMARTS) is 1. The van der Waals surface area contributed by atoms with Crippen molar-refractivity contribution in [3.05, 3.63) is 35.9 Å². The van der Waals surface area contributed by atoms with Gasteiger partial charge in [0.05, 0.1) is 0 Å². The van der Waals surface area contributed by atoms with E-state index in [1.54, 1.807) is 0 Å². The van der Waals surface area contributed by atoms with Crippen molar-refractivity contribution in [3.63, 3.8) is 0 Å². The third kappa shape index (κ3) is 3.44. The Morgan fingerprint density at radius 1 is 1.23 bits per heavy atom. The lowest BCUT2D eigenvalue weighted by Crippen LogP contribution is -2.71. The van der Waals surface area contributed by atoms with Crippen LogP contribution in [0.4, 0.5) is 4.79 Å². The monoisotopic (exact) mass is 356 g/mol. The fourth-order valence-corrected chi connectivity index (χ4v) is 4.88. The molecular weight excluding hydrogens is 328 g/mol. The van der Waals surface area contributed by atoms with Gasteiger partial charge in [0, 0.05) is 30.5 Å². The highest BCUT2D eigenvalue weighted by molar-refractivity contribution is 5.76. The van der Waals surface area contributed by atoms with Crippen LogP contribution in [0.3, 0.4) is 0 Å². The van der Waals surface area contributed by atoms with E-state index in [1.165, 1.54) is 32.1 Å². The van der Waals surface area contributed by atoms with Crippen molar-refractivity contribution in [2.75, 3.05) is 6.54 Å². The van der Waals surface area contributed by atoms with Gasteiger partial charge >= 0.3 is 12.0 Å². The number of likely N-dealkylation sites (tertiary alicyclic amines) is 1. The number of carbonyl (C=O) groups excluding carboxylic acids is 1. The van der Waals surface area contributed by atoms with Crippen LogP contribution in [0.2, 0.25) is 0 Å². The Morgan fingerprint density at radius 3 is 2.54 bits per heavy atom. The lowest BCUT2D eigenvalue weighted by atomic mass is 9.57. The molecule has 5 nitrogen and oxygen atoms in total. The molecule has 1 spiro atoms. The molecule has 3 fully saturated rings. The van der Waals surface area contributed by atoms with Gasteiger partial charge in [0.15, 0.2) is 0 Å². The number of nitrogens with zero attached hydrogens (tertiary/aromatic N) is 1. The second-order valence-corrected chi connectivity index (χ2v) is 8.39. The Balaban J connectivity index is 1.39. The Labute approximate surface area is 154 Å². The largest absolute Gasteiger partial charge is 0.481 e. The van der Waals surface area contributed by atoms with Crippen LogP contribution in [0.1, 0.15) is 50.5 Å². The molecular formula is C21H28N2O3. The van der Waals surface area contributed by atoms with Crippen molar-refractivity contribution >= 4 is 12.0 Å². The van der Waals surface area contributed by atoms with Gasteiger partial charge in [-0.2, -0.15) is 0 Å². The predicted octanol–water partition coefficient (Wildman–Crippen LogP) is 3.44. The summed E-state index contributed by atoms with van der Waals surface area (Å²) in [7, 11) is 0. The van der Waals surface area contributed by atoms with E-state index in [4.69, 9.17) is 5.11 Å². The number of hydrogen-bond acceptors (Lipinski definition) is 2. The number of rotatable bonds is 7. The van der Waals surface area contributed by atoms with Crippen LogP contribution in [-0.4, -0.2) is 40.6 Å². The van der Waals surface area contributed by atoms with Crippen molar-refractivity contribution in [2.24, 2.45) is 11.3 Å². The van der Waals surface area contributed by atoms with E-state index >= 15 is 0 Å². The third-order valence-electron chi connectivity index (χ3n) is 6.49. The summed E-state index contributed by atoms with van der Waals surface area (Å²) in [6.07, 6.45) is 7.55. The molecule has 2 atom stereocenters. The van der Waals surface area contributed by atoms with Crippen LogP contribution in [0.5, 0.6) is 0 Å². The van der Waals surface area contributed by atoms with Gasteiger partial charge < -0.3 is 15.3 Å². The minimum absolute atomic E-state index is 0.00532. The summed E-state index contributed by atoms with van der Waals surface area (Å²) >= 11 is 0. The van der Waals surface area contributed by atoms with Crippen molar-refractivity contribution < 1.29 is 14.7 Å². The minimum Gasteiger partial charge on any atom is -0.481 e. The van der Waals surface area contributed by atoms with Crippen molar-refractivity contribution in [1.29, 1.82) is 0 Å². The first-order chi connectivity index (χ1) is 12.6. The quantitative estimate of drug-likeness (QED) is 0.786. The highest BCUT2D eigenvalue weighted by Gasteiger charge is 2.61. The number of carboxylic acids is 1. The normalized spacial score (nSPS) is 24.5. The van der Waals surface area contributed by atoms with Gasteiger partial charge in [-0.1, -0.05) is 36.8 Å². The molecule has 1 aromatic carbocycles. The molecule has 3 aliphatic rings. The van der Waals surface area contributed by atoms with Gasteiger partial charge in [0.25, 0.3) is 0 Å². The van der Waals surface area contributed by atoms with E-state index in [2.05, 4.69) is 5.32 Å². The summed E-state index contributed by atoms with van der Waals surface area (Å²) in [5.41, 5.74) is 1.54. The molecule has 4 rings (SSSR count). The van der Waals surface area contributed by atoms with Crippen LogP contribution in [-0.2, 0) is 11.2 Å². The topological polar surface area (TPSA) is 69.6 Å². The second-order valence-electron chi connectivity index (χ2n) is 8.39. The van der Waals surface area contributed by atoms with E-state index in [9.17, 15) is 9.59 Å².